The molecule has 0 unspecified atom stereocenters. The molecule has 0 saturated carbocycles. The van der Waals surface area contributed by atoms with E-state index in [2.05, 4.69) is 33.1 Å². The molecule has 0 aromatic heterocycles. The Morgan fingerprint density at radius 2 is 2.00 bits per heavy atom. The highest BCUT2D eigenvalue weighted by atomic mass is 127. The number of nitrogens with one attached hydrogen (secondary N) is 1. The van der Waals surface area contributed by atoms with E-state index >= 15 is 0 Å². The molecular formula is C18H19IN2O3. The second kappa shape index (κ2) is 8.14. The van der Waals surface area contributed by atoms with Gasteiger partial charge in [-0.2, -0.15) is 5.10 Å². The van der Waals surface area contributed by atoms with Gasteiger partial charge in [0.1, 0.15) is 11.5 Å². The van der Waals surface area contributed by atoms with E-state index in [9.17, 15) is 9.90 Å². The fourth-order valence-corrected chi connectivity index (χ4v) is 2.97. The molecule has 1 amide bonds. The lowest BCUT2D eigenvalue weighted by molar-refractivity contribution is -0.123. The third-order valence-corrected chi connectivity index (χ3v) is 4.00. The number of hydrogen-bond donors (Lipinski definition) is 2. The molecule has 2 N–H and O–H groups in total. The van der Waals surface area contributed by atoms with Crippen molar-refractivity contribution >= 4 is 34.7 Å². The quantitative estimate of drug-likeness (QED) is 0.427. The highest BCUT2D eigenvalue weighted by molar-refractivity contribution is 14.1. The predicted molar refractivity (Wildman–Crippen MR) is 103 cm³/mol. The molecule has 0 aliphatic heterocycles. The van der Waals surface area contributed by atoms with Crippen LogP contribution in [-0.2, 0) is 4.79 Å². The van der Waals surface area contributed by atoms with Crippen LogP contribution in [0.4, 0.5) is 0 Å². The Labute approximate surface area is 154 Å². The summed E-state index contributed by atoms with van der Waals surface area (Å²) >= 11 is 2.16. The molecule has 126 valence electrons. The van der Waals surface area contributed by atoms with Gasteiger partial charge in [0.2, 0.25) is 0 Å². The van der Waals surface area contributed by atoms with Crippen molar-refractivity contribution in [3.8, 4) is 11.5 Å². The summed E-state index contributed by atoms with van der Waals surface area (Å²) in [5.41, 5.74) is 5.82. The number of hydrazone groups is 1. The first-order valence-electron chi connectivity index (χ1n) is 7.38. The number of carbonyl (C=O) groups excluding carboxylic acids is 1. The lowest BCUT2D eigenvalue weighted by Crippen LogP contribution is -2.24. The van der Waals surface area contributed by atoms with Crippen molar-refractivity contribution in [2.24, 2.45) is 5.10 Å². The van der Waals surface area contributed by atoms with Gasteiger partial charge in [-0.15, -0.1) is 0 Å². The fourth-order valence-electron chi connectivity index (χ4n) is 2.17. The smallest absolute Gasteiger partial charge is 0.277 e. The van der Waals surface area contributed by atoms with Gasteiger partial charge in [0.25, 0.3) is 5.91 Å². The number of benzene rings is 2. The Morgan fingerprint density at radius 1 is 1.25 bits per heavy atom. The van der Waals surface area contributed by atoms with Crippen molar-refractivity contribution < 1.29 is 14.6 Å². The SMILES string of the molecule is Cc1ccc(OCC(=O)N/N=C\c2cc(I)cc(C)c2O)c(C)c1. The zero-order valence-corrected chi connectivity index (χ0v) is 15.9. The van der Waals surface area contributed by atoms with E-state index < -0.39 is 0 Å². The van der Waals surface area contributed by atoms with Crippen molar-refractivity contribution in [2.45, 2.75) is 20.8 Å². The standard InChI is InChI=1S/C18H19IN2O3/c1-11-4-5-16(12(2)6-11)24-10-17(22)21-20-9-14-8-15(19)7-13(3)18(14)23/h4-9,23H,10H2,1-3H3,(H,21,22)/b20-9-. The van der Waals surface area contributed by atoms with Gasteiger partial charge < -0.3 is 9.84 Å². The van der Waals surface area contributed by atoms with Crippen LogP contribution in [0.15, 0.2) is 35.4 Å². The lowest BCUT2D eigenvalue weighted by Gasteiger charge is -2.08. The molecule has 0 radical (unpaired) electrons. The Hall–Kier alpha value is -2.09. The number of phenolic OH excluding ortho intramolecular Hbond substituents is 1. The molecule has 0 aliphatic carbocycles. The van der Waals surface area contributed by atoms with E-state index in [-0.39, 0.29) is 18.3 Å². The zero-order chi connectivity index (χ0) is 17.7. The van der Waals surface area contributed by atoms with Crippen LogP contribution in [0.5, 0.6) is 11.5 Å². The Balaban J connectivity index is 1.91. The zero-order valence-electron chi connectivity index (χ0n) is 13.8. The van der Waals surface area contributed by atoms with E-state index in [4.69, 9.17) is 4.74 Å². The largest absolute Gasteiger partial charge is 0.507 e. The minimum Gasteiger partial charge on any atom is -0.507 e. The minimum absolute atomic E-state index is 0.126. The Kier molecular flexibility index (Phi) is 6.19. The normalized spacial score (nSPS) is 10.8. The van der Waals surface area contributed by atoms with Crippen LogP contribution >= 0.6 is 22.6 Å². The molecule has 5 nitrogen and oxygen atoms in total. The van der Waals surface area contributed by atoms with E-state index in [0.717, 1.165) is 20.3 Å². The third-order valence-electron chi connectivity index (χ3n) is 3.38. The number of phenols is 1. The van der Waals surface area contributed by atoms with Gasteiger partial charge in [-0.1, -0.05) is 17.7 Å². The Bertz CT molecular complexity index is 788. The molecule has 0 bridgehead atoms. The van der Waals surface area contributed by atoms with Gasteiger partial charge in [0.05, 0.1) is 6.21 Å². The fraction of sp³-hybridized carbons (Fsp3) is 0.222. The van der Waals surface area contributed by atoms with Crippen LogP contribution in [0.2, 0.25) is 0 Å². The third kappa shape index (κ3) is 4.95. The summed E-state index contributed by atoms with van der Waals surface area (Å²) in [5, 5.41) is 13.8. The van der Waals surface area contributed by atoms with Crippen molar-refractivity contribution in [3.63, 3.8) is 0 Å². The average Bonchev–Trinajstić information content (AvgIpc) is 2.51. The van der Waals surface area contributed by atoms with E-state index in [0.29, 0.717) is 11.3 Å². The number of amides is 1. The predicted octanol–water partition coefficient (Wildman–Crippen LogP) is 3.45. The molecule has 24 heavy (non-hydrogen) atoms. The van der Waals surface area contributed by atoms with Crippen LogP contribution in [0, 0.1) is 24.3 Å². The molecule has 6 heteroatoms. The number of carbonyl (C=O) groups is 1. The van der Waals surface area contributed by atoms with Gasteiger partial charge in [-0.05, 0) is 72.7 Å². The maximum absolute atomic E-state index is 11.8. The maximum atomic E-state index is 11.8. The van der Waals surface area contributed by atoms with E-state index in [1.807, 2.05) is 45.0 Å². The minimum atomic E-state index is -0.368. The number of rotatable bonds is 5. The second-order valence-electron chi connectivity index (χ2n) is 5.51. The Morgan fingerprint density at radius 3 is 2.71 bits per heavy atom. The van der Waals surface area contributed by atoms with Crippen LogP contribution in [0.3, 0.4) is 0 Å². The number of nitrogens with zero attached hydrogens (tertiary/aromatic N) is 1. The van der Waals surface area contributed by atoms with E-state index in [1.165, 1.54) is 6.21 Å². The number of aryl methyl sites for hydroxylation is 3. The number of ether oxygens (including phenoxy) is 1. The molecule has 2 aromatic carbocycles. The van der Waals surface area contributed by atoms with Crippen molar-refractivity contribution in [3.05, 3.63) is 56.2 Å². The molecule has 2 aromatic rings. The molecule has 0 spiro atoms. The molecular weight excluding hydrogens is 419 g/mol. The molecule has 0 aliphatic rings. The first-order valence-corrected chi connectivity index (χ1v) is 8.46. The highest BCUT2D eigenvalue weighted by Crippen LogP contribution is 2.23. The number of hydrogen-bond acceptors (Lipinski definition) is 4. The monoisotopic (exact) mass is 438 g/mol. The molecule has 0 atom stereocenters. The summed E-state index contributed by atoms with van der Waals surface area (Å²) in [6, 6.07) is 9.41. The molecule has 0 heterocycles. The average molecular weight is 438 g/mol. The van der Waals surface area contributed by atoms with Gasteiger partial charge in [0, 0.05) is 9.13 Å². The van der Waals surface area contributed by atoms with E-state index in [1.54, 1.807) is 6.07 Å². The second-order valence-corrected chi connectivity index (χ2v) is 6.76. The van der Waals surface area contributed by atoms with Crippen LogP contribution in [0.25, 0.3) is 0 Å². The first-order chi connectivity index (χ1) is 11.4. The first kappa shape index (κ1) is 18.3. The summed E-state index contributed by atoms with van der Waals surface area (Å²) in [5.74, 6) is 0.457. The lowest BCUT2D eigenvalue weighted by atomic mass is 10.1. The maximum Gasteiger partial charge on any atom is 0.277 e. The summed E-state index contributed by atoms with van der Waals surface area (Å²) in [4.78, 5) is 11.8. The molecule has 0 saturated heterocycles. The summed E-state index contributed by atoms with van der Waals surface area (Å²) in [7, 11) is 0. The summed E-state index contributed by atoms with van der Waals surface area (Å²) in [6.45, 7) is 5.62. The van der Waals surface area contributed by atoms with Crippen LogP contribution < -0.4 is 10.2 Å². The van der Waals surface area contributed by atoms with Gasteiger partial charge in [0.15, 0.2) is 6.61 Å². The summed E-state index contributed by atoms with van der Waals surface area (Å²) < 4.78 is 6.46. The topological polar surface area (TPSA) is 70.9 Å². The van der Waals surface area contributed by atoms with Crippen LogP contribution in [0.1, 0.15) is 22.3 Å². The highest BCUT2D eigenvalue weighted by Gasteiger charge is 2.06. The number of aromatic hydroxyl groups is 1. The summed E-state index contributed by atoms with van der Waals surface area (Å²) in [6.07, 6.45) is 1.42. The molecule has 0 fully saturated rings. The number of halogens is 1. The van der Waals surface area contributed by atoms with Crippen molar-refractivity contribution in [1.82, 2.24) is 5.43 Å². The molecule has 2 rings (SSSR count). The van der Waals surface area contributed by atoms with Crippen molar-refractivity contribution in [2.75, 3.05) is 6.61 Å². The van der Waals surface area contributed by atoms with Crippen LogP contribution in [-0.4, -0.2) is 23.8 Å². The van der Waals surface area contributed by atoms with Gasteiger partial charge in [-0.25, -0.2) is 5.43 Å². The van der Waals surface area contributed by atoms with Gasteiger partial charge in [-0.3, -0.25) is 4.79 Å². The van der Waals surface area contributed by atoms with Gasteiger partial charge >= 0.3 is 0 Å². The van der Waals surface area contributed by atoms with Crippen molar-refractivity contribution in [1.29, 1.82) is 0 Å².